The van der Waals surface area contributed by atoms with Crippen molar-refractivity contribution in [1.29, 1.82) is 0 Å². The molecule has 0 radical (unpaired) electrons. The average molecular weight is 274 g/mol. The topological polar surface area (TPSA) is 40.5 Å². The normalized spacial score (nSPS) is 33.2. The van der Waals surface area contributed by atoms with Crippen LogP contribution in [0.4, 0.5) is 0 Å². The lowest BCUT2D eigenvalue weighted by molar-refractivity contribution is -0.0240. The van der Waals surface area contributed by atoms with Crippen molar-refractivity contribution in [2.75, 3.05) is 0 Å². The van der Waals surface area contributed by atoms with Gasteiger partial charge in [-0.05, 0) is 55.9 Å². The highest BCUT2D eigenvalue weighted by molar-refractivity contribution is 5.20. The predicted octanol–water partition coefficient (Wildman–Crippen LogP) is 3.63. The monoisotopic (exact) mass is 274 g/mol. The van der Waals surface area contributed by atoms with E-state index in [0.717, 1.165) is 51.4 Å². The molecule has 2 aliphatic rings. The van der Waals surface area contributed by atoms with Crippen molar-refractivity contribution in [1.82, 2.24) is 0 Å². The first-order valence-corrected chi connectivity index (χ1v) is 8.12. The molecule has 2 heteroatoms. The number of rotatable bonds is 3. The molecule has 2 fully saturated rings. The molecule has 2 nitrogen and oxygen atoms in total. The van der Waals surface area contributed by atoms with Crippen LogP contribution in [-0.4, -0.2) is 21.9 Å². The van der Waals surface area contributed by atoms with Crippen molar-refractivity contribution in [3.63, 3.8) is 0 Å². The minimum atomic E-state index is -0.496. The summed E-state index contributed by atoms with van der Waals surface area (Å²) in [4.78, 5) is 0. The van der Waals surface area contributed by atoms with Crippen molar-refractivity contribution in [3.05, 3.63) is 35.9 Å². The third-order valence-electron chi connectivity index (χ3n) is 5.39. The van der Waals surface area contributed by atoms with Crippen LogP contribution in [0.2, 0.25) is 0 Å². The van der Waals surface area contributed by atoms with Gasteiger partial charge in [-0.15, -0.1) is 0 Å². The van der Waals surface area contributed by atoms with E-state index in [4.69, 9.17) is 0 Å². The van der Waals surface area contributed by atoms with E-state index in [1.54, 1.807) is 0 Å². The van der Waals surface area contributed by atoms with Crippen LogP contribution >= 0.6 is 0 Å². The van der Waals surface area contributed by atoms with Crippen LogP contribution in [0.25, 0.3) is 0 Å². The standard InChI is InChI=1S/C18H26O2/c19-17-9-8-15(14-6-2-1-3-7-14)12-16(17)13-18(20)10-4-5-11-18/h1-3,6-7,15-17,19-20H,4-5,8-13H2. The van der Waals surface area contributed by atoms with E-state index >= 15 is 0 Å². The highest BCUT2D eigenvalue weighted by Crippen LogP contribution is 2.43. The van der Waals surface area contributed by atoms with Gasteiger partial charge in [-0.25, -0.2) is 0 Å². The van der Waals surface area contributed by atoms with Gasteiger partial charge in [0.2, 0.25) is 0 Å². The smallest absolute Gasteiger partial charge is 0.0651 e. The molecule has 0 bridgehead atoms. The molecule has 2 aliphatic carbocycles. The number of hydrogen-bond donors (Lipinski definition) is 2. The Bertz CT molecular complexity index is 422. The lowest BCUT2D eigenvalue weighted by Gasteiger charge is -2.37. The molecule has 0 heterocycles. The minimum Gasteiger partial charge on any atom is -0.393 e. The highest BCUT2D eigenvalue weighted by Gasteiger charge is 2.38. The van der Waals surface area contributed by atoms with Crippen molar-refractivity contribution < 1.29 is 10.2 Å². The summed E-state index contributed by atoms with van der Waals surface area (Å²) in [5, 5.41) is 20.9. The lowest BCUT2D eigenvalue weighted by atomic mass is 9.72. The summed E-state index contributed by atoms with van der Waals surface area (Å²) in [6, 6.07) is 10.6. The molecule has 2 saturated carbocycles. The third kappa shape index (κ3) is 3.07. The first kappa shape index (κ1) is 14.1. The molecule has 3 atom stereocenters. The summed E-state index contributed by atoms with van der Waals surface area (Å²) in [5.41, 5.74) is 0.896. The number of aliphatic hydroxyl groups excluding tert-OH is 1. The molecular formula is C18H26O2. The zero-order valence-corrected chi connectivity index (χ0v) is 12.2. The summed E-state index contributed by atoms with van der Waals surface area (Å²) in [5.74, 6) is 0.812. The molecular weight excluding hydrogens is 248 g/mol. The van der Waals surface area contributed by atoms with E-state index in [1.807, 2.05) is 0 Å². The largest absolute Gasteiger partial charge is 0.393 e. The van der Waals surface area contributed by atoms with Gasteiger partial charge < -0.3 is 10.2 Å². The number of aliphatic hydroxyl groups is 2. The Kier molecular flexibility index (Phi) is 4.13. The van der Waals surface area contributed by atoms with Gasteiger partial charge in [0.15, 0.2) is 0 Å². The quantitative estimate of drug-likeness (QED) is 0.883. The summed E-state index contributed by atoms with van der Waals surface area (Å²) < 4.78 is 0. The molecule has 0 saturated heterocycles. The van der Waals surface area contributed by atoms with Gasteiger partial charge in [-0.3, -0.25) is 0 Å². The van der Waals surface area contributed by atoms with Crippen molar-refractivity contribution in [2.24, 2.45) is 5.92 Å². The summed E-state index contributed by atoms with van der Waals surface area (Å²) in [6.07, 6.45) is 7.66. The molecule has 1 aromatic carbocycles. The van der Waals surface area contributed by atoms with E-state index in [1.165, 1.54) is 5.56 Å². The zero-order valence-electron chi connectivity index (χ0n) is 12.2. The first-order chi connectivity index (χ1) is 9.66. The predicted molar refractivity (Wildman–Crippen MR) is 80.6 cm³/mol. The van der Waals surface area contributed by atoms with Crippen LogP contribution in [0, 0.1) is 5.92 Å². The van der Waals surface area contributed by atoms with E-state index in [9.17, 15) is 10.2 Å². The van der Waals surface area contributed by atoms with Crippen LogP contribution in [0.1, 0.15) is 62.8 Å². The van der Waals surface area contributed by atoms with Gasteiger partial charge in [0.25, 0.3) is 0 Å². The summed E-state index contributed by atoms with van der Waals surface area (Å²) in [6.45, 7) is 0. The number of benzene rings is 1. The molecule has 0 amide bonds. The minimum absolute atomic E-state index is 0.223. The second kappa shape index (κ2) is 5.87. The molecule has 1 aromatic rings. The van der Waals surface area contributed by atoms with Gasteiger partial charge in [-0.1, -0.05) is 43.2 Å². The fourth-order valence-electron chi connectivity index (χ4n) is 4.22. The molecule has 0 aliphatic heterocycles. The van der Waals surface area contributed by atoms with Crippen LogP contribution in [0.15, 0.2) is 30.3 Å². The maximum absolute atomic E-state index is 10.6. The lowest BCUT2D eigenvalue weighted by Crippen LogP contribution is -2.36. The third-order valence-corrected chi connectivity index (χ3v) is 5.39. The van der Waals surface area contributed by atoms with Crippen LogP contribution in [-0.2, 0) is 0 Å². The van der Waals surface area contributed by atoms with Crippen molar-refractivity contribution >= 4 is 0 Å². The Balaban J connectivity index is 1.67. The SMILES string of the molecule is OC1CCC(c2ccccc2)CC1CC1(O)CCCC1. The second-order valence-electron chi connectivity index (χ2n) is 6.88. The molecule has 3 rings (SSSR count). The molecule has 3 unspecified atom stereocenters. The molecule has 2 N–H and O–H groups in total. The fraction of sp³-hybridized carbons (Fsp3) is 0.667. The Morgan fingerprint density at radius 2 is 1.75 bits per heavy atom. The number of hydrogen-bond acceptors (Lipinski definition) is 2. The van der Waals surface area contributed by atoms with Gasteiger partial charge in [-0.2, -0.15) is 0 Å². The van der Waals surface area contributed by atoms with Crippen LogP contribution < -0.4 is 0 Å². The maximum atomic E-state index is 10.6. The van der Waals surface area contributed by atoms with Crippen LogP contribution in [0.5, 0.6) is 0 Å². The fourth-order valence-corrected chi connectivity index (χ4v) is 4.22. The molecule has 0 spiro atoms. The van der Waals surface area contributed by atoms with Crippen molar-refractivity contribution in [3.8, 4) is 0 Å². The van der Waals surface area contributed by atoms with Gasteiger partial charge in [0.05, 0.1) is 11.7 Å². The second-order valence-corrected chi connectivity index (χ2v) is 6.88. The van der Waals surface area contributed by atoms with E-state index in [2.05, 4.69) is 30.3 Å². The van der Waals surface area contributed by atoms with Crippen molar-refractivity contribution in [2.45, 2.75) is 69.0 Å². The zero-order chi connectivity index (χ0) is 14.0. The van der Waals surface area contributed by atoms with Gasteiger partial charge in [0, 0.05) is 0 Å². The average Bonchev–Trinajstić information content (AvgIpc) is 2.89. The Hall–Kier alpha value is -0.860. The maximum Gasteiger partial charge on any atom is 0.0651 e. The van der Waals surface area contributed by atoms with Crippen LogP contribution in [0.3, 0.4) is 0 Å². The summed E-state index contributed by atoms with van der Waals surface area (Å²) in [7, 11) is 0. The highest BCUT2D eigenvalue weighted by atomic mass is 16.3. The van der Waals surface area contributed by atoms with E-state index in [0.29, 0.717) is 5.92 Å². The van der Waals surface area contributed by atoms with Gasteiger partial charge in [0.1, 0.15) is 0 Å². The Labute approximate surface area is 121 Å². The first-order valence-electron chi connectivity index (χ1n) is 8.12. The summed E-state index contributed by atoms with van der Waals surface area (Å²) >= 11 is 0. The Morgan fingerprint density at radius 1 is 1.05 bits per heavy atom. The Morgan fingerprint density at radius 3 is 2.45 bits per heavy atom. The molecule has 110 valence electrons. The van der Waals surface area contributed by atoms with E-state index < -0.39 is 5.60 Å². The van der Waals surface area contributed by atoms with E-state index in [-0.39, 0.29) is 12.0 Å². The molecule has 0 aromatic heterocycles. The molecule has 20 heavy (non-hydrogen) atoms. The van der Waals surface area contributed by atoms with Gasteiger partial charge >= 0.3 is 0 Å².